The summed E-state index contributed by atoms with van der Waals surface area (Å²) in [7, 11) is 4.70. The standard InChI is InChI=1S/C21H24N2O4/c1-5-13-6-7-14-9-15(21(24)23-17(14)8-13)12-22-16-10-18(25-2)20(27-4)19(11-16)26-3/h6-11,22H,5,12H2,1-4H3,(H,23,24). The topological polar surface area (TPSA) is 72.6 Å². The van der Waals surface area contributed by atoms with Crippen molar-refractivity contribution in [3.63, 3.8) is 0 Å². The van der Waals surface area contributed by atoms with Crippen LogP contribution in [0.5, 0.6) is 17.2 Å². The van der Waals surface area contributed by atoms with Gasteiger partial charge in [0.15, 0.2) is 11.5 Å². The van der Waals surface area contributed by atoms with Crippen LogP contribution in [-0.2, 0) is 13.0 Å². The summed E-state index contributed by atoms with van der Waals surface area (Å²) in [5.41, 5.74) is 3.37. The zero-order valence-electron chi connectivity index (χ0n) is 16.0. The van der Waals surface area contributed by atoms with Gasteiger partial charge in [-0.2, -0.15) is 0 Å². The van der Waals surface area contributed by atoms with E-state index in [9.17, 15) is 4.79 Å². The molecule has 2 N–H and O–H groups in total. The normalized spacial score (nSPS) is 10.7. The minimum Gasteiger partial charge on any atom is -0.493 e. The minimum absolute atomic E-state index is 0.101. The summed E-state index contributed by atoms with van der Waals surface area (Å²) in [5.74, 6) is 1.64. The van der Waals surface area contributed by atoms with Gasteiger partial charge in [-0.15, -0.1) is 0 Å². The van der Waals surface area contributed by atoms with E-state index >= 15 is 0 Å². The Morgan fingerprint density at radius 1 is 0.963 bits per heavy atom. The summed E-state index contributed by atoms with van der Waals surface area (Å²) in [6, 6.07) is 11.7. The van der Waals surface area contributed by atoms with Crippen LogP contribution in [0.3, 0.4) is 0 Å². The lowest BCUT2D eigenvalue weighted by Gasteiger charge is -2.15. The number of hydrogen-bond acceptors (Lipinski definition) is 5. The number of anilines is 1. The van der Waals surface area contributed by atoms with Crippen molar-refractivity contribution in [2.45, 2.75) is 19.9 Å². The molecule has 0 saturated carbocycles. The highest BCUT2D eigenvalue weighted by molar-refractivity contribution is 5.79. The number of aromatic amines is 1. The smallest absolute Gasteiger partial charge is 0.253 e. The lowest BCUT2D eigenvalue weighted by molar-refractivity contribution is 0.324. The number of H-pyrrole nitrogens is 1. The van der Waals surface area contributed by atoms with Gasteiger partial charge in [0.05, 0.1) is 21.3 Å². The SMILES string of the molecule is CCc1ccc2cc(CNc3cc(OC)c(OC)c(OC)c3)c(=O)[nH]c2c1. The molecule has 142 valence electrons. The van der Waals surface area contributed by atoms with Gasteiger partial charge in [-0.05, 0) is 29.5 Å². The molecule has 0 aliphatic rings. The van der Waals surface area contributed by atoms with E-state index in [1.54, 1.807) is 21.3 Å². The fraction of sp³-hybridized carbons (Fsp3) is 0.286. The molecule has 0 aliphatic carbocycles. The highest BCUT2D eigenvalue weighted by Crippen LogP contribution is 2.39. The molecule has 0 aliphatic heterocycles. The van der Waals surface area contributed by atoms with Gasteiger partial charge in [0.2, 0.25) is 5.75 Å². The average molecular weight is 368 g/mol. The molecule has 1 aromatic heterocycles. The lowest BCUT2D eigenvalue weighted by Crippen LogP contribution is -2.15. The number of nitrogens with one attached hydrogen (secondary N) is 2. The number of methoxy groups -OCH3 is 3. The Bertz CT molecular complexity index is 986. The van der Waals surface area contributed by atoms with Crippen LogP contribution in [0.4, 0.5) is 5.69 Å². The minimum atomic E-state index is -0.101. The lowest BCUT2D eigenvalue weighted by atomic mass is 10.1. The first-order chi connectivity index (χ1) is 13.1. The molecule has 0 fully saturated rings. The van der Waals surface area contributed by atoms with E-state index in [0.29, 0.717) is 29.4 Å². The molecule has 3 rings (SSSR count). The van der Waals surface area contributed by atoms with E-state index in [4.69, 9.17) is 14.2 Å². The van der Waals surface area contributed by atoms with Crippen molar-refractivity contribution < 1.29 is 14.2 Å². The van der Waals surface area contributed by atoms with Crippen LogP contribution in [0.1, 0.15) is 18.1 Å². The van der Waals surface area contributed by atoms with Gasteiger partial charge >= 0.3 is 0 Å². The number of fused-ring (bicyclic) bond motifs is 1. The van der Waals surface area contributed by atoms with Crippen molar-refractivity contribution in [2.75, 3.05) is 26.6 Å². The third-order valence-electron chi connectivity index (χ3n) is 4.54. The maximum Gasteiger partial charge on any atom is 0.253 e. The summed E-state index contributed by atoms with van der Waals surface area (Å²) >= 11 is 0. The first-order valence-corrected chi connectivity index (χ1v) is 8.78. The number of hydrogen-bond donors (Lipinski definition) is 2. The highest BCUT2D eigenvalue weighted by Gasteiger charge is 2.13. The van der Waals surface area contributed by atoms with E-state index in [1.807, 2.05) is 30.3 Å². The Morgan fingerprint density at radius 3 is 2.26 bits per heavy atom. The van der Waals surface area contributed by atoms with Gasteiger partial charge in [0.1, 0.15) is 0 Å². The van der Waals surface area contributed by atoms with Gasteiger partial charge < -0.3 is 24.5 Å². The maximum absolute atomic E-state index is 12.4. The molecular weight excluding hydrogens is 344 g/mol. The Balaban J connectivity index is 1.88. The number of ether oxygens (including phenoxy) is 3. The van der Waals surface area contributed by atoms with E-state index in [2.05, 4.69) is 23.3 Å². The molecule has 6 nitrogen and oxygen atoms in total. The first kappa shape index (κ1) is 18.6. The zero-order chi connectivity index (χ0) is 19.4. The van der Waals surface area contributed by atoms with Crippen LogP contribution in [0, 0.1) is 0 Å². The van der Waals surface area contributed by atoms with Gasteiger partial charge in [-0.1, -0.05) is 19.1 Å². The molecule has 0 unspecified atom stereocenters. The highest BCUT2D eigenvalue weighted by atomic mass is 16.5. The van der Waals surface area contributed by atoms with Crippen molar-refractivity contribution in [1.29, 1.82) is 0 Å². The van der Waals surface area contributed by atoms with Crippen molar-refractivity contribution in [3.8, 4) is 17.2 Å². The monoisotopic (exact) mass is 368 g/mol. The van der Waals surface area contributed by atoms with Crippen LogP contribution in [0.2, 0.25) is 0 Å². The molecule has 1 heterocycles. The molecule has 0 atom stereocenters. The van der Waals surface area contributed by atoms with Gasteiger partial charge in [-0.25, -0.2) is 0 Å². The van der Waals surface area contributed by atoms with Gasteiger partial charge in [-0.3, -0.25) is 4.79 Å². The molecule has 27 heavy (non-hydrogen) atoms. The van der Waals surface area contributed by atoms with Crippen LogP contribution in [-0.4, -0.2) is 26.3 Å². The Kier molecular flexibility index (Phi) is 5.54. The van der Waals surface area contributed by atoms with Crippen LogP contribution < -0.4 is 25.1 Å². The van der Waals surface area contributed by atoms with Gasteiger partial charge in [0.25, 0.3) is 5.56 Å². The summed E-state index contributed by atoms with van der Waals surface area (Å²) in [6.07, 6.45) is 0.933. The van der Waals surface area contributed by atoms with Crippen LogP contribution in [0.15, 0.2) is 41.2 Å². The van der Waals surface area contributed by atoms with E-state index < -0.39 is 0 Å². The van der Waals surface area contributed by atoms with Crippen molar-refractivity contribution in [2.24, 2.45) is 0 Å². The fourth-order valence-electron chi connectivity index (χ4n) is 3.03. The second-order valence-electron chi connectivity index (χ2n) is 6.17. The number of rotatable bonds is 7. The fourth-order valence-corrected chi connectivity index (χ4v) is 3.03. The number of pyridine rings is 1. The third kappa shape index (κ3) is 3.84. The molecule has 0 saturated heterocycles. The Labute approximate surface area is 158 Å². The van der Waals surface area contributed by atoms with Crippen LogP contribution in [0.25, 0.3) is 10.9 Å². The van der Waals surface area contributed by atoms with E-state index in [-0.39, 0.29) is 5.56 Å². The Morgan fingerprint density at radius 2 is 1.67 bits per heavy atom. The number of aryl methyl sites for hydroxylation is 1. The van der Waals surface area contributed by atoms with E-state index in [0.717, 1.165) is 23.0 Å². The zero-order valence-corrected chi connectivity index (χ0v) is 16.0. The van der Waals surface area contributed by atoms with Crippen molar-refractivity contribution in [1.82, 2.24) is 4.98 Å². The second kappa shape index (κ2) is 8.03. The largest absolute Gasteiger partial charge is 0.493 e. The molecule has 2 aromatic carbocycles. The molecule has 3 aromatic rings. The molecular formula is C21H24N2O4. The van der Waals surface area contributed by atoms with Gasteiger partial charge in [0, 0.05) is 35.4 Å². The molecule has 6 heteroatoms. The second-order valence-corrected chi connectivity index (χ2v) is 6.17. The third-order valence-corrected chi connectivity index (χ3v) is 4.54. The molecule has 0 amide bonds. The summed E-state index contributed by atoms with van der Waals surface area (Å²) in [5, 5.41) is 4.26. The predicted molar refractivity (Wildman–Crippen MR) is 107 cm³/mol. The van der Waals surface area contributed by atoms with Crippen LogP contribution >= 0.6 is 0 Å². The summed E-state index contributed by atoms with van der Waals surface area (Å²) < 4.78 is 16.1. The first-order valence-electron chi connectivity index (χ1n) is 8.78. The molecule has 0 bridgehead atoms. The maximum atomic E-state index is 12.4. The molecule has 0 radical (unpaired) electrons. The number of aromatic nitrogens is 1. The van der Waals surface area contributed by atoms with E-state index in [1.165, 1.54) is 5.56 Å². The Hall–Kier alpha value is -3.15. The quantitative estimate of drug-likeness (QED) is 0.665. The summed E-state index contributed by atoms with van der Waals surface area (Å²) in [6.45, 7) is 2.47. The van der Waals surface area contributed by atoms with Crippen molar-refractivity contribution in [3.05, 3.63) is 57.9 Å². The average Bonchev–Trinajstić information content (AvgIpc) is 2.70. The summed E-state index contributed by atoms with van der Waals surface area (Å²) in [4.78, 5) is 15.4. The number of benzene rings is 2. The molecule has 0 spiro atoms. The predicted octanol–water partition coefficient (Wildman–Crippen LogP) is 3.73. The van der Waals surface area contributed by atoms with Crippen molar-refractivity contribution >= 4 is 16.6 Å².